The van der Waals surface area contributed by atoms with Gasteiger partial charge in [0.1, 0.15) is 11.5 Å². The van der Waals surface area contributed by atoms with Gasteiger partial charge in [-0.1, -0.05) is 6.07 Å². The molecule has 0 bridgehead atoms. The minimum atomic E-state index is -4.15. The van der Waals surface area contributed by atoms with Crippen LogP contribution in [-0.4, -0.2) is 37.1 Å². The fourth-order valence-corrected chi connectivity index (χ4v) is 3.67. The normalized spacial score (nSPS) is 11.2. The van der Waals surface area contributed by atoms with Gasteiger partial charge in [-0.15, -0.1) is 0 Å². The van der Waals surface area contributed by atoms with Crippen molar-refractivity contribution in [1.82, 2.24) is 8.54 Å². The number of hydrogen-bond donors (Lipinski definition) is 0. The summed E-state index contributed by atoms with van der Waals surface area (Å²) in [6.45, 7) is 0. The molecule has 0 amide bonds. The highest BCUT2D eigenvalue weighted by Gasteiger charge is 2.23. The number of carbonyl (C=O) groups is 1. The molecule has 2 aromatic carbocycles. The molecule has 0 radical (unpaired) electrons. The van der Waals surface area contributed by atoms with Crippen LogP contribution >= 0.6 is 0 Å². The molecule has 8 nitrogen and oxygen atoms in total. The molecule has 3 rings (SSSR count). The van der Waals surface area contributed by atoms with Crippen LogP contribution in [0.3, 0.4) is 0 Å². The van der Waals surface area contributed by atoms with Crippen LogP contribution in [0.4, 0.5) is 0 Å². The lowest BCUT2D eigenvalue weighted by Crippen LogP contribution is -2.32. The van der Waals surface area contributed by atoms with E-state index in [1.54, 1.807) is 12.1 Å². The summed E-state index contributed by atoms with van der Waals surface area (Å²) in [7, 11) is -1.24. The highest BCUT2D eigenvalue weighted by Crippen LogP contribution is 2.18. The van der Waals surface area contributed by atoms with Crippen molar-refractivity contribution in [2.75, 3.05) is 14.2 Å². The molecule has 0 unspecified atom stereocenters. The summed E-state index contributed by atoms with van der Waals surface area (Å²) in [6.07, 6.45) is 2.16. The fourth-order valence-electron chi connectivity index (χ4n) is 2.45. The second kappa shape index (κ2) is 7.12. The minimum Gasteiger partial charge on any atom is -0.497 e. The molecule has 0 aliphatic carbocycles. The van der Waals surface area contributed by atoms with Crippen molar-refractivity contribution in [3.63, 3.8) is 0 Å². The Morgan fingerprint density at radius 1 is 0.926 bits per heavy atom. The standard InChI is InChI=1S/C18H16N2O6S/c1-25-14-6-8-16(9-7-14)27(23,24)20-11-10-19(18(20)22)17(21)13-4-3-5-15(12-13)26-2/h3-12H,1-2H3. The van der Waals surface area contributed by atoms with E-state index in [-0.39, 0.29) is 10.5 Å². The Kier molecular flexibility index (Phi) is 4.87. The molecule has 0 N–H and O–H groups in total. The third-order valence-electron chi connectivity index (χ3n) is 3.90. The van der Waals surface area contributed by atoms with E-state index in [0.717, 1.165) is 17.0 Å². The Balaban J connectivity index is 2.01. The number of rotatable bonds is 5. The molecule has 0 fully saturated rings. The number of imidazole rings is 1. The number of carbonyl (C=O) groups excluding carboxylic acids is 1. The molecule has 0 saturated heterocycles. The van der Waals surface area contributed by atoms with E-state index in [2.05, 4.69) is 0 Å². The maximum Gasteiger partial charge on any atom is 0.349 e. The summed E-state index contributed by atoms with van der Waals surface area (Å²) in [5.74, 6) is 0.258. The molecule has 0 aliphatic rings. The van der Waals surface area contributed by atoms with E-state index in [9.17, 15) is 18.0 Å². The summed E-state index contributed by atoms with van der Waals surface area (Å²) < 4.78 is 36.7. The molecule has 140 valence electrons. The number of methoxy groups -OCH3 is 2. The van der Waals surface area contributed by atoms with E-state index in [1.165, 1.54) is 50.6 Å². The van der Waals surface area contributed by atoms with Crippen LogP contribution in [-0.2, 0) is 10.0 Å². The molecule has 1 aromatic heterocycles. The summed E-state index contributed by atoms with van der Waals surface area (Å²) in [5.41, 5.74) is -0.797. The van der Waals surface area contributed by atoms with Crippen LogP contribution in [0.15, 0.2) is 70.6 Å². The topological polar surface area (TPSA) is 96.6 Å². The number of benzene rings is 2. The Morgan fingerprint density at radius 2 is 1.59 bits per heavy atom. The van der Waals surface area contributed by atoms with E-state index in [1.807, 2.05) is 0 Å². The van der Waals surface area contributed by atoms with E-state index >= 15 is 0 Å². The highest BCUT2D eigenvalue weighted by atomic mass is 32.2. The van der Waals surface area contributed by atoms with Gasteiger partial charge in [0.15, 0.2) is 0 Å². The third-order valence-corrected chi connectivity index (χ3v) is 5.56. The third kappa shape index (κ3) is 3.36. The van der Waals surface area contributed by atoms with Crippen molar-refractivity contribution in [2.45, 2.75) is 4.90 Å². The average Bonchev–Trinajstić information content (AvgIpc) is 3.09. The first kappa shape index (κ1) is 18.5. The van der Waals surface area contributed by atoms with Crippen molar-refractivity contribution < 1.29 is 22.7 Å². The van der Waals surface area contributed by atoms with Crippen molar-refractivity contribution in [3.05, 3.63) is 77.0 Å². The summed E-state index contributed by atoms with van der Waals surface area (Å²) in [5, 5.41) is 0. The molecular weight excluding hydrogens is 372 g/mol. The maximum absolute atomic E-state index is 12.7. The average molecular weight is 388 g/mol. The Hall–Kier alpha value is -3.33. The van der Waals surface area contributed by atoms with Gasteiger partial charge in [-0.25, -0.2) is 17.8 Å². The molecular formula is C18H16N2O6S. The highest BCUT2D eigenvalue weighted by molar-refractivity contribution is 7.90. The lowest BCUT2D eigenvalue weighted by molar-refractivity contribution is 0.0955. The lowest BCUT2D eigenvalue weighted by Gasteiger charge is -2.06. The molecule has 9 heteroatoms. The Bertz CT molecular complexity index is 1140. The fraction of sp³-hybridized carbons (Fsp3) is 0.111. The van der Waals surface area contributed by atoms with Crippen LogP contribution in [0.1, 0.15) is 10.4 Å². The SMILES string of the molecule is COc1ccc(S(=O)(=O)n2ccn(C(=O)c3cccc(OC)c3)c2=O)cc1. The smallest absolute Gasteiger partial charge is 0.349 e. The number of hydrogen-bond acceptors (Lipinski definition) is 6. The van der Waals surface area contributed by atoms with Crippen LogP contribution in [0.2, 0.25) is 0 Å². The van der Waals surface area contributed by atoms with Crippen LogP contribution in [0, 0.1) is 0 Å². The monoisotopic (exact) mass is 388 g/mol. The maximum atomic E-state index is 12.7. The first-order valence-corrected chi connectivity index (χ1v) is 9.21. The lowest BCUT2D eigenvalue weighted by atomic mass is 10.2. The van der Waals surface area contributed by atoms with E-state index in [4.69, 9.17) is 9.47 Å². The van der Waals surface area contributed by atoms with Gasteiger partial charge in [0.25, 0.3) is 15.9 Å². The second-order valence-corrected chi connectivity index (χ2v) is 7.28. The summed E-state index contributed by atoms with van der Waals surface area (Å²) >= 11 is 0. The first-order valence-electron chi connectivity index (χ1n) is 7.77. The molecule has 0 saturated carbocycles. The zero-order chi connectivity index (χ0) is 19.6. The van der Waals surface area contributed by atoms with Crippen molar-refractivity contribution in [3.8, 4) is 11.5 Å². The minimum absolute atomic E-state index is 0.100. The zero-order valence-electron chi connectivity index (χ0n) is 14.5. The Labute approximate surface area is 155 Å². The van der Waals surface area contributed by atoms with Gasteiger partial charge in [0.2, 0.25) is 0 Å². The van der Waals surface area contributed by atoms with E-state index < -0.39 is 21.6 Å². The first-order chi connectivity index (χ1) is 12.9. The predicted molar refractivity (Wildman–Crippen MR) is 97.0 cm³/mol. The quantitative estimate of drug-likeness (QED) is 0.659. The van der Waals surface area contributed by atoms with Gasteiger partial charge in [0.05, 0.1) is 19.1 Å². The van der Waals surface area contributed by atoms with Crippen LogP contribution in [0.25, 0.3) is 0 Å². The molecule has 1 heterocycles. The summed E-state index contributed by atoms with van der Waals surface area (Å²) in [6, 6.07) is 11.8. The largest absolute Gasteiger partial charge is 0.497 e. The molecule has 0 spiro atoms. The summed E-state index contributed by atoms with van der Waals surface area (Å²) in [4.78, 5) is 25.0. The molecule has 27 heavy (non-hydrogen) atoms. The van der Waals surface area contributed by atoms with Crippen molar-refractivity contribution in [2.24, 2.45) is 0 Å². The van der Waals surface area contributed by atoms with Gasteiger partial charge in [0, 0.05) is 18.0 Å². The van der Waals surface area contributed by atoms with Crippen LogP contribution < -0.4 is 15.2 Å². The molecule has 3 aromatic rings. The van der Waals surface area contributed by atoms with E-state index in [0.29, 0.717) is 15.5 Å². The van der Waals surface area contributed by atoms with Gasteiger partial charge in [-0.3, -0.25) is 4.79 Å². The van der Waals surface area contributed by atoms with Gasteiger partial charge >= 0.3 is 5.69 Å². The van der Waals surface area contributed by atoms with Gasteiger partial charge in [-0.05, 0) is 42.5 Å². The van der Waals surface area contributed by atoms with Crippen LogP contribution in [0.5, 0.6) is 11.5 Å². The number of nitrogens with zero attached hydrogens (tertiary/aromatic N) is 2. The van der Waals surface area contributed by atoms with Gasteiger partial charge < -0.3 is 9.47 Å². The predicted octanol–water partition coefficient (Wildman–Crippen LogP) is 1.59. The number of aromatic nitrogens is 2. The number of ether oxygens (including phenoxy) is 2. The van der Waals surface area contributed by atoms with Crippen molar-refractivity contribution in [1.29, 1.82) is 0 Å². The molecule has 0 aliphatic heterocycles. The molecule has 0 atom stereocenters. The van der Waals surface area contributed by atoms with Crippen molar-refractivity contribution >= 4 is 15.9 Å². The zero-order valence-corrected chi connectivity index (χ0v) is 15.3. The van der Waals surface area contributed by atoms with Gasteiger partial charge in [-0.2, -0.15) is 3.97 Å². The Morgan fingerprint density at radius 3 is 2.22 bits per heavy atom. The second-order valence-electron chi connectivity index (χ2n) is 5.46.